The van der Waals surface area contributed by atoms with Crippen molar-refractivity contribution in [1.82, 2.24) is 23.5 Å². The first-order chi connectivity index (χ1) is 25.2. The van der Waals surface area contributed by atoms with Gasteiger partial charge in [-0.25, -0.2) is 28.5 Å². The second-order valence-electron chi connectivity index (χ2n) is 13.0. The maximum Gasteiger partial charge on any atom is 0.347 e. The summed E-state index contributed by atoms with van der Waals surface area (Å²) in [6, 6.07) is 7.00. The van der Waals surface area contributed by atoms with Crippen LogP contribution in [0, 0.1) is 0 Å². The van der Waals surface area contributed by atoms with E-state index in [-0.39, 0.29) is 42.9 Å². The summed E-state index contributed by atoms with van der Waals surface area (Å²) in [6.45, 7) is 3.38. The van der Waals surface area contributed by atoms with Crippen LogP contribution in [0.4, 0.5) is 0 Å². The van der Waals surface area contributed by atoms with Crippen molar-refractivity contribution >= 4 is 69.0 Å². The molecule has 0 amide bonds. The lowest BCUT2D eigenvalue weighted by atomic mass is 9.59. The zero-order valence-electron chi connectivity index (χ0n) is 28.5. The zero-order chi connectivity index (χ0) is 38.3. The Hall–Kier alpha value is -4.56. The Kier molecular flexibility index (Phi) is 9.08. The first-order valence-corrected chi connectivity index (χ1v) is 17.8. The quantitative estimate of drug-likeness (QED) is 0.204. The Balaban J connectivity index is 1.35. The normalized spacial score (nSPS) is 23.7. The number of phenols is 1. The highest BCUT2D eigenvalue weighted by Crippen LogP contribution is 2.64. The third-order valence-corrected chi connectivity index (χ3v) is 12.7. The number of benzene rings is 2. The molecule has 3 heterocycles. The van der Waals surface area contributed by atoms with Crippen molar-refractivity contribution in [3.8, 4) is 17.2 Å². The van der Waals surface area contributed by atoms with Crippen molar-refractivity contribution in [1.29, 1.82) is 0 Å². The summed E-state index contributed by atoms with van der Waals surface area (Å²) in [7, 11) is 4.52. The molecule has 1 fully saturated rings. The molecule has 4 aromatic rings. The lowest BCUT2D eigenvalue weighted by Gasteiger charge is -2.54. The van der Waals surface area contributed by atoms with Crippen LogP contribution in [-0.4, -0.2) is 64.1 Å². The largest absolute Gasteiger partial charge is 0.507 e. The second kappa shape index (κ2) is 13.1. The number of ketones is 2. The third kappa shape index (κ3) is 5.11. The first kappa shape index (κ1) is 36.8. The molecule has 2 aliphatic carbocycles. The molecule has 0 unspecified atom stereocenters. The van der Waals surface area contributed by atoms with Crippen LogP contribution in [0.2, 0.25) is 0 Å². The summed E-state index contributed by atoms with van der Waals surface area (Å²) >= 11 is 27.1. The number of rotatable bonds is 8. The Morgan fingerprint density at radius 3 is 2.38 bits per heavy atom. The summed E-state index contributed by atoms with van der Waals surface area (Å²) in [5.41, 5.74) is 0.0724. The number of ether oxygens (including phenoxy) is 2. The van der Waals surface area contributed by atoms with Crippen molar-refractivity contribution in [2.24, 2.45) is 7.05 Å². The number of alkyl halides is 2. The molecule has 2 aromatic heterocycles. The maximum atomic E-state index is 14.3. The highest BCUT2D eigenvalue weighted by Gasteiger charge is 2.71. The van der Waals surface area contributed by atoms with Gasteiger partial charge in [-0.15, -0.1) is 29.8 Å². The van der Waals surface area contributed by atoms with Crippen LogP contribution in [-0.2, 0) is 42.6 Å². The molecule has 1 aliphatic heterocycles. The fourth-order valence-corrected chi connectivity index (χ4v) is 9.32. The van der Waals surface area contributed by atoms with E-state index < -0.39 is 66.7 Å². The molecule has 0 radical (unpaired) electrons. The van der Waals surface area contributed by atoms with Gasteiger partial charge in [0.2, 0.25) is 0 Å². The van der Waals surface area contributed by atoms with Gasteiger partial charge < -0.3 is 19.1 Å². The molecular formula is C36H31Cl4N5O8. The highest BCUT2D eigenvalue weighted by atomic mass is 35.5. The highest BCUT2D eigenvalue weighted by molar-refractivity contribution is 6.66. The number of carbonyl (C=O) groups is 2. The molecule has 53 heavy (non-hydrogen) atoms. The van der Waals surface area contributed by atoms with Gasteiger partial charge in [0.15, 0.2) is 23.1 Å². The van der Waals surface area contributed by atoms with Crippen LogP contribution >= 0.6 is 46.4 Å². The Labute approximate surface area is 320 Å². The summed E-state index contributed by atoms with van der Waals surface area (Å²) in [6.07, 6.45) is 2.95. The molecule has 0 bridgehead atoms. The average molecular weight is 803 g/mol. The number of hydrogen-bond donors (Lipinski definition) is 1. The van der Waals surface area contributed by atoms with Gasteiger partial charge in [-0.3, -0.25) is 14.4 Å². The predicted octanol–water partition coefficient (Wildman–Crippen LogP) is 4.22. The van der Waals surface area contributed by atoms with Crippen LogP contribution in [0.3, 0.4) is 0 Å². The van der Waals surface area contributed by atoms with Crippen LogP contribution in [0.5, 0.6) is 17.2 Å². The Bertz CT molecular complexity index is 2550. The predicted molar refractivity (Wildman–Crippen MR) is 199 cm³/mol. The number of aryl methyl sites for hydroxylation is 2. The number of aromatic hydroxyl groups is 1. The molecule has 7 rings (SSSR count). The van der Waals surface area contributed by atoms with Crippen LogP contribution in [0.25, 0.3) is 11.0 Å². The van der Waals surface area contributed by atoms with Gasteiger partial charge in [0.1, 0.15) is 31.3 Å². The monoisotopic (exact) mass is 801 g/mol. The number of aromatic nitrogens is 5. The smallest absolute Gasteiger partial charge is 0.347 e. The fraction of sp³-hybridized carbons (Fsp3) is 0.333. The molecule has 0 spiro atoms. The van der Waals surface area contributed by atoms with Crippen molar-refractivity contribution in [3.63, 3.8) is 0 Å². The van der Waals surface area contributed by atoms with Crippen molar-refractivity contribution in [3.05, 3.63) is 113 Å². The molecule has 276 valence electrons. The molecule has 1 saturated carbocycles. The summed E-state index contributed by atoms with van der Waals surface area (Å²) < 4.78 is 15.5. The number of methoxy groups -OCH3 is 2. The summed E-state index contributed by atoms with van der Waals surface area (Å²) in [5.74, 6) is -2.58. The van der Waals surface area contributed by atoms with Crippen molar-refractivity contribution in [2.75, 3.05) is 14.2 Å². The first-order valence-electron chi connectivity index (χ1n) is 16.3. The van der Waals surface area contributed by atoms with E-state index in [0.717, 1.165) is 4.57 Å². The van der Waals surface area contributed by atoms with Gasteiger partial charge in [0, 0.05) is 50.0 Å². The number of nitrogens with zero attached hydrogens (tertiary/aromatic N) is 5. The lowest BCUT2D eigenvalue weighted by molar-refractivity contribution is -0.128. The SMILES string of the molecule is C=CCc1cccc([C@H]2C3=CCn4c(=O)n(CCc5nc6cc(OC)c(OC)cc6n(C)c5=O)c(=O)n4[C@@H]3C[C@@]3(Cl)C(=O)C(Cl)=C(Cl)C(=O)[C@@]23Cl)c1O. The third-order valence-electron chi connectivity index (χ3n) is 10.4. The number of Topliss-reactive ketones (excluding diaryl/α,β-unsaturated/α-hetero) is 2. The number of carbonyl (C=O) groups excluding carboxylic acids is 2. The van der Waals surface area contributed by atoms with E-state index in [2.05, 4.69) is 11.6 Å². The molecule has 13 nitrogen and oxygen atoms in total. The van der Waals surface area contributed by atoms with Gasteiger partial charge in [-0.1, -0.05) is 53.6 Å². The Morgan fingerprint density at radius 2 is 1.70 bits per heavy atom. The molecule has 17 heteroatoms. The standard InChI is InChI=1S/C36H31Cl4N5O8/c1-5-7-17-8-6-9-19(29(17)46)26-18-10-13-44-33(50)43(12-11-20-32(49)42(2)22-15-25(53-4)24(52-3)14-21(22)41-20)34(51)45(44)23(18)16-35(39)30(47)27(37)28(38)31(48)36(26,35)40/h5-6,8-10,14-15,23,26,46H,1,7,11-13,16H2,2-4H3/t23-,26-,35-,36+/m1/s1. The van der Waals surface area contributed by atoms with Gasteiger partial charge in [-0.05, 0) is 17.6 Å². The molecule has 1 N–H and O–H groups in total. The molecule has 3 aliphatic rings. The lowest BCUT2D eigenvalue weighted by Crippen LogP contribution is -2.67. The Morgan fingerprint density at radius 1 is 1.02 bits per heavy atom. The number of fused-ring (bicyclic) bond motifs is 5. The van der Waals surface area contributed by atoms with Crippen molar-refractivity contribution < 1.29 is 24.2 Å². The van der Waals surface area contributed by atoms with Crippen LogP contribution in [0.15, 0.2) is 79.1 Å². The van der Waals surface area contributed by atoms with Gasteiger partial charge in [0.05, 0.1) is 37.8 Å². The number of phenolic OH excluding ortho intramolecular Hbond substituents is 1. The molecule has 2 aromatic carbocycles. The maximum absolute atomic E-state index is 14.3. The fourth-order valence-electron chi connectivity index (χ4n) is 7.81. The van der Waals surface area contributed by atoms with E-state index in [1.807, 2.05) is 0 Å². The van der Waals surface area contributed by atoms with Gasteiger partial charge in [-0.2, -0.15) is 0 Å². The number of para-hydroxylation sites is 1. The second-order valence-corrected chi connectivity index (χ2v) is 15.0. The minimum absolute atomic E-state index is 0.0929. The van der Waals surface area contributed by atoms with E-state index in [1.54, 1.807) is 49.5 Å². The van der Waals surface area contributed by atoms with E-state index in [4.69, 9.17) is 55.9 Å². The van der Waals surface area contributed by atoms with E-state index in [9.17, 15) is 29.1 Å². The van der Waals surface area contributed by atoms with E-state index >= 15 is 0 Å². The van der Waals surface area contributed by atoms with Crippen LogP contribution < -0.4 is 26.4 Å². The molecule has 0 saturated heterocycles. The molecular weight excluding hydrogens is 772 g/mol. The van der Waals surface area contributed by atoms with E-state index in [0.29, 0.717) is 33.7 Å². The summed E-state index contributed by atoms with van der Waals surface area (Å²) in [5, 5.41) is 10.3. The summed E-state index contributed by atoms with van der Waals surface area (Å²) in [4.78, 5) is 69.5. The molecule has 4 atom stereocenters. The minimum atomic E-state index is -2.29. The van der Waals surface area contributed by atoms with Crippen molar-refractivity contribution in [2.45, 2.75) is 54.1 Å². The zero-order valence-corrected chi connectivity index (χ0v) is 31.5. The van der Waals surface area contributed by atoms with E-state index in [1.165, 1.54) is 28.2 Å². The van der Waals surface area contributed by atoms with Gasteiger partial charge in [0.25, 0.3) is 5.56 Å². The number of halogens is 4. The topological polar surface area (TPSA) is 157 Å². The number of allylic oxidation sites excluding steroid dienone is 5. The van der Waals surface area contributed by atoms with Gasteiger partial charge >= 0.3 is 11.4 Å². The van der Waals surface area contributed by atoms with Crippen LogP contribution in [0.1, 0.15) is 35.2 Å². The minimum Gasteiger partial charge on any atom is -0.507 e. The number of hydrogen-bond acceptors (Lipinski definition) is 9. The average Bonchev–Trinajstić information content (AvgIpc) is 3.39.